The van der Waals surface area contributed by atoms with Gasteiger partial charge in [0.05, 0.1) is 0 Å². The first-order valence-corrected chi connectivity index (χ1v) is 13.0. The maximum Gasteiger partial charge on any atom is 0.347 e. The van der Waals surface area contributed by atoms with Crippen molar-refractivity contribution in [2.75, 3.05) is 37.4 Å². The third-order valence-electron chi connectivity index (χ3n) is 6.49. The topological polar surface area (TPSA) is 82.1 Å². The number of unbranched alkanes of at least 4 members (excludes halogenated alkanes) is 4. The molecule has 0 radical (unpaired) electrons. The van der Waals surface area contributed by atoms with Gasteiger partial charge in [-0.1, -0.05) is 51.7 Å². The van der Waals surface area contributed by atoms with Crippen LogP contribution in [0, 0.1) is 0 Å². The van der Waals surface area contributed by atoms with E-state index in [0.29, 0.717) is 31.7 Å². The Morgan fingerprint density at radius 3 is 2.28 bits per heavy atom. The zero-order valence-corrected chi connectivity index (χ0v) is 22.5. The summed E-state index contributed by atoms with van der Waals surface area (Å²) in [5.41, 5.74) is 1.57. The van der Waals surface area contributed by atoms with Crippen molar-refractivity contribution in [3.8, 4) is 5.75 Å². The van der Waals surface area contributed by atoms with E-state index in [9.17, 15) is 14.7 Å². The van der Waals surface area contributed by atoms with Crippen LogP contribution in [0.25, 0.3) is 0 Å². The summed E-state index contributed by atoms with van der Waals surface area (Å²) in [6, 6.07) is 15.2. The predicted octanol–water partition coefficient (Wildman–Crippen LogP) is 6.43. The number of ether oxygens (including phenoxy) is 1. The lowest BCUT2D eigenvalue weighted by Gasteiger charge is -2.25. The van der Waals surface area contributed by atoms with E-state index >= 15 is 0 Å². The Bertz CT molecular complexity index is 961. The van der Waals surface area contributed by atoms with Gasteiger partial charge in [0.15, 0.2) is 0 Å². The molecule has 2 rings (SSSR count). The quantitative estimate of drug-likeness (QED) is 0.277. The van der Waals surface area contributed by atoms with E-state index < -0.39 is 11.6 Å². The standard InChI is InChI=1S/C29H43N3O4/c1-6-8-9-10-11-20-32(28(35)30-24-15-17-25(18-16-24)31(4)5)21-19-23-13-12-14-26(22-23)36-29(3,7-2)27(33)34/h12-18,22H,6-11,19-21H2,1-5H3,(H,30,35)(H,33,34). The van der Waals surface area contributed by atoms with Gasteiger partial charge in [0.25, 0.3) is 0 Å². The van der Waals surface area contributed by atoms with Crippen molar-refractivity contribution in [2.24, 2.45) is 0 Å². The van der Waals surface area contributed by atoms with Crippen LogP contribution in [0.15, 0.2) is 48.5 Å². The lowest BCUT2D eigenvalue weighted by atomic mass is 10.0. The molecule has 1 unspecified atom stereocenters. The Kier molecular flexibility index (Phi) is 11.6. The number of carboxylic acid groups (broad SMARTS) is 1. The van der Waals surface area contributed by atoms with Crippen LogP contribution in [-0.2, 0) is 11.2 Å². The molecule has 0 aliphatic heterocycles. The molecule has 0 aliphatic rings. The molecule has 2 aromatic carbocycles. The molecular formula is C29H43N3O4. The van der Waals surface area contributed by atoms with E-state index in [4.69, 9.17) is 4.74 Å². The van der Waals surface area contributed by atoms with E-state index in [2.05, 4.69) is 12.2 Å². The molecule has 0 bridgehead atoms. The van der Waals surface area contributed by atoms with Gasteiger partial charge in [0.1, 0.15) is 5.75 Å². The molecule has 0 saturated heterocycles. The normalized spacial score (nSPS) is 12.5. The van der Waals surface area contributed by atoms with Crippen molar-refractivity contribution in [1.82, 2.24) is 4.90 Å². The second-order valence-corrected chi connectivity index (χ2v) is 9.66. The number of hydrogen-bond acceptors (Lipinski definition) is 4. The summed E-state index contributed by atoms with van der Waals surface area (Å²) in [6.45, 7) is 6.82. The number of benzene rings is 2. The van der Waals surface area contributed by atoms with E-state index in [1.165, 1.54) is 19.3 Å². The van der Waals surface area contributed by atoms with Crippen molar-refractivity contribution in [3.63, 3.8) is 0 Å². The summed E-state index contributed by atoms with van der Waals surface area (Å²) in [7, 11) is 3.97. The first-order chi connectivity index (χ1) is 17.2. The number of carboxylic acids is 1. The molecule has 7 nitrogen and oxygen atoms in total. The highest BCUT2D eigenvalue weighted by atomic mass is 16.5. The van der Waals surface area contributed by atoms with Gasteiger partial charge < -0.3 is 25.0 Å². The molecule has 1 atom stereocenters. The van der Waals surface area contributed by atoms with Gasteiger partial charge in [-0.3, -0.25) is 0 Å². The Morgan fingerprint density at radius 2 is 1.67 bits per heavy atom. The number of carbonyl (C=O) groups is 2. The fraction of sp³-hybridized carbons (Fsp3) is 0.517. The summed E-state index contributed by atoms with van der Waals surface area (Å²) in [6.07, 6.45) is 6.64. The van der Waals surface area contributed by atoms with Crippen LogP contribution in [0.2, 0.25) is 0 Å². The third kappa shape index (κ3) is 9.10. The van der Waals surface area contributed by atoms with Gasteiger partial charge in [-0.15, -0.1) is 0 Å². The van der Waals surface area contributed by atoms with Crippen LogP contribution in [0.3, 0.4) is 0 Å². The molecule has 0 aromatic heterocycles. The fourth-order valence-corrected chi connectivity index (χ4v) is 3.82. The van der Waals surface area contributed by atoms with Crippen molar-refractivity contribution < 1.29 is 19.4 Å². The predicted molar refractivity (Wildman–Crippen MR) is 147 cm³/mol. The maximum atomic E-state index is 13.2. The van der Waals surface area contributed by atoms with Crippen LogP contribution >= 0.6 is 0 Å². The molecule has 7 heteroatoms. The SMILES string of the molecule is CCCCCCCN(CCc1cccc(OC(C)(CC)C(=O)O)c1)C(=O)Nc1ccc(N(C)C)cc1. The zero-order valence-electron chi connectivity index (χ0n) is 22.5. The number of anilines is 2. The molecule has 0 saturated carbocycles. The monoisotopic (exact) mass is 497 g/mol. The van der Waals surface area contributed by atoms with E-state index in [1.54, 1.807) is 19.9 Å². The zero-order chi connectivity index (χ0) is 26.6. The smallest absolute Gasteiger partial charge is 0.347 e. The first kappa shape index (κ1) is 29.0. The lowest BCUT2D eigenvalue weighted by Crippen LogP contribution is -2.40. The summed E-state index contributed by atoms with van der Waals surface area (Å²) in [5, 5.41) is 12.6. The Hall–Kier alpha value is -3.22. The largest absolute Gasteiger partial charge is 0.478 e. The van der Waals surface area contributed by atoms with Gasteiger partial charge >= 0.3 is 12.0 Å². The van der Waals surface area contributed by atoms with E-state index in [1.807, 2.05) is 66.4 Å². The van der Waals surface area contributed by atoms with Gasteiger partial charge in [-0.25, -0.2) is 9.59 Å². The summed E-state index contributed by atoms with van der Waals surface area (Å²) in [4.78, 5) is 28.7. The minimum absolute atomic E-state index is 0.111. The molecule has 2 N–H and O–H groups in total. The minimum Gasteiger partial charge on any atom is -0.478 e. The number of urea groups is 1. The van der Waals surface area contributed by atoms with Crippen molar-refractivity contribution >= 4 is 23.4 Å². The van der Waals surface area contributed by atoms with Crippen LogP contribution in [0.1, 0.15) is 64.9 Å². The number of aliphatic carboxylic acids is 1. The van der Waals surface area contributed by atoms with Crippen LogP contribution < -0.4 is 15.0 Å². The van der Waals surface area contributed by atoms with Crippen molar-refractivity contribution in [3.05, 3.63) is 54.1 Å². The molecule has 0 spiro atoms. The molecule has 0 fully saturated rings. The number of rotatable bonds is 15. The number of amides is 2. The number of nitrogens with zero attached hydrogens (tertiary/aromatic N) is 2. The third-order valence-corrected chi connectivity index (χ3v) is 6.49. The lowest BCUT2D eigenvalue weighted by molar-refractivity contribution is -0.154. The van der Waals surface area contributed by atoms with Crippen LogP contribution in [-0.4, -0.2) is 54.8 Å². The van der Waals surface area contributed by atoms with E-state index in [0.717, 1.165) is 29.8 Å². The second-order valence-electron chi connectivity index (χ2n) is 9.66. The minimum atomic E-state index is -1.27. The first-order valence-electron chi connectivity index (χ1n) is 13.0. The number of carbonyl (C=O) groups excluding carboxylic acids is 1. The summed E-state index contributed by atoms with van der Waals surface area (Å²) >= 11 is 0. The average molecular weight is 498 g/mol. The molecular weight excluding hydrogens is 454 g/mol. The highest BCUT2D eigenvalue weighted by Gasteiger charge is 2.33. The maximum absolute atomic E-state index is 13.2. The van der Waals surface area contributed by atoms with Crippen LogP contribution in [0.4, 0.5) is 16.2 Å². The molecule has 0 aliphatic carbocycles. The highest BCUT2D eigenvalue weighted by Crippen LogP contribution is 2.23. The second kappa shape index (κ2) is 14.4. The van der Waals surface area contributed by atoms with Gasteiger partial charge in [-0.05, 0) is 68.1 Å². The average Bonchev–Trinajstić information content (AvgIpc) is 2.86. The van der Waals surface area contributed by atoms with Gasteiger partial charge in [0.2, 0.25) is 5.60 Å². The molecule has 198 valence electrons. The van der Waals surface area contributed by atoms with Crippen molar-refractivity contribution in [1.29, 1.82) is 0 Å². The Morgan fingerprint density at radius 1 is 0.972 bits per heavy atom. The summed E-state index contributed by atoms with van der Waals surface area (Å²) in [5.74, 6) is -0.462. The highest BCUT2D eigenvalue weighted by molar-refractivity contribution is 5.89. The van der Waals surface area contributed by atoms with Gasteiger partial charge in [0, 0.05) is 38.6 Å². The Balaban J connectivity index is 2.06. The Labute approximate surface area is 216 Å². The molecule has 2 aromatic rings. The molecule has 0 heterocycles. The molecule has 36 heavy (non-hydrogen) atoms. The molecule has 2 amide bonds. The van der Waals surface area contributed by atoms with Crippen LogP contribution in [0.5, 0.6) is 5.75 Å². The summed E-state index contributed by atoms with van der Waals surface area (Å²) < 4.78 is 5.82. The number of hydrogen-bond donors (Lipinski definition) is 2. The van der Waals surface area contributed by atoms with Gasteiger partial charge in [-0.2, -0.15) is 0 Å². The van der Waals surface area contributed by atoms with E-state index in [-0.39, 0.29) is 6.03 Å². The number of nitrogens with one attached hydrogen (secondary N) is 1. The fourth-order valence-electron chi connectivity index (χ4n) is 3.82. The van der Waals surface area contributed by atoms with Crippen molar-refractivity contribution in [2.45, 2.75) is 71.3 Å².